The fourth-order valence-electron chi connectivity index (χ4n) is 0.471. The molecule has 0 aromatic rings. The molecule has 3 nitrogen and oxygen atoms in total. The third kappa shape index (κ3) is 3.23. The second kappa shape index (κ2) is 5.34. The van der Waals surface area contributed by atoms with Crippen LogP contribution in [-0.2, 0) is 0 Å². The summed E-state index contributed by atoms with van der Waals surface area (Å²) in [7, 11) is 0. The van der Waals surface area contributed by atoms with Crippen LogP contribution < -0.4 is 40.0 Å². The molecule has 1 aliphatic rings. The molecule has 1 fully saturated rings. The van der Waals surface area contributed by atoms with Crippen molar-refractivity contribution in [3.8, 4) is 0 Å². The normalized spacial score (nSPS) is 15.8. The number of halogens is 2. The van der Waals surface area contributed by atoms with E-state index < -0.39 is 0 Å². The molecule has 0 aliphatic carbocycles. The van der Waals surface area contributed by atoms with Crippen molar-refractivity contribution in [2.75, 3.05) is 13.1 Å². The summed E-state index contributed by atoms with van der Waals surface area (Å²) in [4.78, 5) is 10.1. The molecule has 0 bridgehead atoms. The maximum atomic E-state index is 10.1. The molecular weight excluding hydrogens is 195 g/mol. The summed E-state index contributed by atoms with van der Waals surface area (Å²) >= 11 is 0. The van der Waals surface area contributed by atoms with Crippen molar-refractivity contribution in [2.24, 2.45) is 0 Å². The minimum Gasteiger partial charge on any atom is -1.00 e. The minimum atomic E-state index is 0. The highest BCUT2D eigenvalue weighted by molar-refractivity contribution is 5.64. The fourth-order valence-corrected chi connectivity index (χ4v) is 0.471. The van der Waals surface area contributed by atoms with Gasteiger partial charge in [-0.3, -0.25) is 5.32 Å². The Morgan fingerprint density at radius 2 is 2.25 bits per heavy atom. The highest BCUT2D eigenvalue weighted by atomic mass is 79.9. The first-order valence-corrected chi connectivity index (χ1v) is 2.00. The van der Waals surface area contributed by atoms with Crippen LogP contribution in [0.3, 0.4) is 0 Å². The van der Waals surface area contributed by atoms with E-state index in [2.05, 4.69) is 5.32 Å². The van der Waals surface area contributed by atoms with Crippen LogP contribution in [0.25, 0.3) is 0 Å². The van der Waals surface area contributed by atoms with Gasteiger partial charge in [0.2, 0.25) is 0 Å². The molecule has 1 aliphatic heterocycles. The lowest BCUT2D eigenvalue weighted by molar-refractivity contribution is -0.538. The number of carbonyl (C=O) groups excluding carboxylic acids is 1. The van der Waals surface area contributed by atoms with Gasteiger partial charge < -0.3 is 34.7 Å². The zero-order valence-electron chi connectivity index (χ0n) is 4.16. The maximum absolute atomic E-state index is 10.1. The Labute approximate surface area is 64.4 Å². The van der Waals surface area contributed by atoms with Gasteiger partial charge in [0.1, 0.15) is 6.54 Å². The third-order valence-corrected chi connectivity index (χ3v) is 0.773. The molecular formula is C3H7BrClN2O-. The van der Waals surface area contributed by atoms with E-state index in [-0.39, 0.29) is 35.4 Å². The summed E-state index contributed by atoms with van der Waals surface area (Å²) in [5, 5.41) is 4.28. The van der Waals surface area contributed by atoms with Crippen LogP contribution in [0.1, 0.15) is 0 Å². The lowest BCUT2D eigenvalue weighted by atomic mass is 10.7. The van der Waals surface area contributed by atoms with Gasteiger partial charge in [-0.05, 0) is 0 Å². The van der Waals surface area contributed by atoms with E-state index in [1.165, 1.54) is 0 Å². The summed E-state index contributed by atoms with van der Waals surface area (Å²) in [5.74, 6) is 0. The molecule has 50 valence electrons. The highest BCUT2D eigenvalue weighted by Gasteiger charge is 2.09. The van der Waals surface area contributed by atoms with Gasteiger partial charge in [-0.25, -0.2) is 4.79 Å². The number of primary amides is 1. The van der Waals surface area contributed by atoms with Gasteiger partial charge in [0.15, 0.2) is 0 Å². The van der Waals surface area contributed by atoms with Gasteiger partial charge in [0.05, 0.1) is 6.54 Å². The molecule has 0 spiro atoms. The van der Waals surface area contributed by atoms with Gasteiger partial charge in [-0.2, -0.15) is 0 Å². The number of carbonyl (C=O) groups is 1. The second-order valence-electron chi connectivity index (χ2n) is 1.28. The van der Waals surface area contributed by atoms with Crippen LogP contribution in [0, 0.1) is 0 Å². The largest absolute Gasteiger partial charge is 1.00 e. The average Bonchev–Trinajstić information content (AvgIpc) is 1.86. The first kappa shape index (κ1) is 11.1. The standard InChI is InChI=1S/C3H6N2O.BrH.ClH/c6-3-4-1-2-5-3;;/h1-2H2,(H2,4,5,6);2*1H/p-1. The predicted octanol–water partition coefficient (Wildman–Crippen LogP) is -7.72. The molecule has 5 heteroatoms. The second-order valence-corrected chi connectivity index (χ2v) is 1.28. The monoisotopic (exact) mass is 201 g/mol. The van der Waals surface area contributed by atoms with E-state index in [0.29, 0.717) is 0 Å². The maximum Gasteiger partial charge on any atom is 0.413 e. The minimum absolute atomic E-state index is 0. The molecule has 1 rings (SSSR count). The van der Waals surface area contributed by atoms with Crippen LogP contribution in [0.4, 0.5) is 4.79 Å². The summed E-state index contributed by atoms with van der Waals surface area (Å²) in [6.45, 7) is 1.73. The molecule has 8 heavy (non-hydrogen) atoms. The predicted molar refractivity (Wildman–Crippen MR) is 20.2 cm³/mol. The first-order valence-electron chi connectivity index (χ1n) is 2.00. The van der Waals surface area contributed by atoms with Crippen molar-refractivity contribution in [1.82, 2.24) is 5.32 Å². The van der Waals surface area contributed by atoms with Crippen LogP contribution in [0.15, 0.2) is 0 Å². The molecule has 0 unspecified atom stereocenters. The van der Waals surface area contributed by atoms with Crippen LogP contribution >= 0.6 is 0 Å². The highest BCUT2D eigenvalue weighted by Crippen LogP contribution is 1.57. The van der Waals surface area contributed by atoms with E-state index >= 15 is 0 Å². The molecule has 0 saturated carbocycles. The van der Waals surface area contributed by atoms with Crippen molar-refractivity contribution >= 4 is 6.03 Å². The van der Waals surface area contributed by atoms with Gasteiger partial charge in [0, 0.05) is 0 Å². The van der Waals surface area contributed by atoms with Crippen LogP contribution in [-0.4, -0.2) is 19.1 Å². The third-order valence-electron chi connectivity index (χ3n) is 0.773. The Balaban J connectivity index is 0. The Bertz CT molecular complexity index is 71.7. The quantitative estimate of drug-likeness (QED) is 0.403. The van der Waals surface area contributed by atoms with Gasteiger partial charge in [-0.15, -0.1) is 0 Å². The molecule has 1 saturated heterocycles. The van der Waals surface area contributed by atoms with E-state index in [4.69, 9.17) is 0 Å². The number of nitrogens with two attached hydrogens (primary N) is 1. The Morgan fingerprint density at radius 1 is 1.62 bits per heavy atom. The number of amides is 2. The zero-order chi connectivity index (χ0) is 4.41. The zero-order valence-corrected chi connectivity index (χ0v) is 6.50. The smallest absolute Gasteiger partial charge is 0.413 e. The summed E-state index contributed by atoms with van der Waals surface area (Å²) in [6.07, 6.45) is 0. The van der Waals surface area contributed by atoms with Crippen LogP contribution in [0.2, 0.25) is 0 Å². The van der Waals surface area contributed by atoms with Crippen molar-refractivity contribution < 1.29 is 39.5 Å². The Morgan fingerprint density at radius 3 is 2.38 bits per heavy atom. The van der Waals surface area contributed by atoms with Gasteiger partial charge in [-0.1, -0.05) is 0 Å². The summed E-state index contributed by atoms with van der Waals surface area (Å²) in [6, 6.07) is 0.0787. The summed E-state index contributed by atoms with van der Waals surface area (Å²) < 4.78 is 0. The van der Waals surface area contributed by atoms with Gasteiger partial charge in [0.25, 0.3) is 0 Å². The lowest BCUT2D eigenvalue weighted by Gasteiger charge is -1.73. The molecule has 1 heterocycles. The van der Waals surface area contributed by atoms with E-state index in [9.17, 15) is 4.79 Å². The molecule has 2 amide bonds. The number of quaternary nitrogens is 1. The Kier molecular flexibility index (Phi) is 7.38. The summed E-state index contributed by atoms with van der Waals surface area (Å²) in [5.41, 5.74) is 0. The molecule has 0 aromatic heterocycles. The molecule has 0 aromatic carbocycles. The van der Waals surface area contributed by atoms with Crippen molar-refractivity contribution in [2.45, 2.75) is 0 Å². The Hall–Kier alpha value is 0.200. The number of hydrogen-bond acceptors (Lipinski definition) is 1. The van der Waals surface area contributed by atoms with E-state index in [1.54, 1.807) is 5.32 Å². The van der Waals surface area contributed by atoms with Crippen molar-refractivity contribution in [3.63, 3.8) is 0 Å². The SMILES string of the molecule is O=C1NCC[NH2+]1.[Br-].[Cl-]. The van der Waals surface area contributed by atoms with E-state index in [1.807, 2.05) is 0 Å². The average molecular weight is 202 g/mol. The number of nitrogens with one attached hydrogen (secondary N) is 1. The number of urea groups is 1. The number of hydrogen-bond donors (Lipinski definition) is 2. The topological polar surface area (TPSA) is 45.7 Å². The van der Waals surface area contributed by atoms with E-state index in [0.717, 1.165) is 13.1 Å². The van der Waals surface area contributed by atoms with Crippen LogP contribution in [0.5, 0.6) is 0 Å². The lowest BCUT2D eigenvalue weighted by Crippen LogP contribution is -3.00. The fraction of sp³-hybridized carbons (Fsp3) is 0.667. The molecule has 0 atom stereocenters. The van der Waals surface area contributed by atoms with Crippen molar-refractivity contribution in [1.29, 1.82) is 0 Å². The number of rotatable bonds is 0. The van der Waals surface area contributed by atoms with Crippen molar-refractivity contribution in [3.05, 3.63) is 0 Å². The molecule has 0 radical (unpaired) electrons. The van der Waals surface area contributed by atoms with Gasteiger partial charge >= 0.3 is 6.03 Å². The first-order chi connectivity index (χ1) is 2.89. The molecule has 3 N–H and O–H groups in total.